The van der Waals surface area contributed by atoms with Crippen molar-refractivity contribution in [1.82, 2.24) is 14.3 Å². The quantitative estimate of drug-likeness (QED) is 0.705. The summed E-state index contributed by atoms with van der Waals surface area (Å²) in [6.45, 7) is 5.31. The summed E-state index contributed by atoms with van der Waals surface area (Å²) in [6.07, 6.45) is 3.97. The zero-order chi connectivity index (χ0) is 17.0. The van der Waals surface area contributed by atoms with E-state index in [1.807, 2.05) is 29.8 Å². The van der Waals surface area contributed by atoms with Gasteiger partial charge >= 0.3 is 0 Å². The van der Waals surface area contributed by atoms with Crippen LogP contribution in [0.3, 0.4) is 0 Å². The molecule has 2 fully saturated rings. The fourth-order valence-electron chi connectivity index (χ4n) is 4.63. The number of thiazole rings is 1. The van der Waals surface area contributed by atoms with Crippen LogP contribution in [-0.2, 0) is 6.42 Å². The Morgan fingerprint density at radius 1 is 1.32 bits per heavy atom. The molecule has 1 aliphatic heterocycles. The summed E-state index contributed by atoms with van der Waals surface area (Å²) in [6, 6.07) is 2.29. The van der Waals surface area contributed by atoms with Crippen molar-refractivity contribution in [1.29, 1.82) is 0 Å². The monoisotopic (exact) mass is 371 g/mol. The second-order valence-electron chi connectivity index (χ2n) is 7.37. The van der Waals surface area contributed by atoms with E-state index < -0.39 is 0 Å². The molecule has 2 aliphatic rings. The van der Waals surface area contributed by atoms with Crippen molar-refractivity contribution in [3.8, 4) is 0 Å². The third-order valence-electron chi connectivity index (χ3n) is 6.06. The van der Waals surface area contributed by atoms with E-state index in [0.29, 0.717) is 0 Å². The maximum Gasteiger partial charge on any atom is 0.261 e. The number of fused-ring (bicyclic) bond motifs is 2. The molecular weight excluding hydrogens is 350 g/mol. The standard InChI is InChI=1S/C19H21N3OS2/c1-12-15(18(23)22-5-7-25-19(22)20-12)2-4-21-9-14-8-16(17(14)10-21)13-3-6-24-11-13/h3,5-7,11,14,16-17H,2,4,8-10H2,1H3. The first-order valence-electron chi connectivity index (χ1n) is 8.90. The van der Waals surface area contributed by atoms with Crippen LogP contribution in [0, 0.1) is 18.8 Å². The average molecular weight is 372 g/mol. The van der Waals surface area contributed by atoms with Gasteiger partial charge in [0.1, 0.15) is 0 Å². The summed E-state index contributed by atoms with van der Waals surface area (Å²) >= 11 is 3.33. The molecular formula is C19H21N3OS2. The fraction of sp³-hybridized carbons (Fsp3) is 0.474. The molecule has 0 spiro atoms. The molecule has 4 nitrogen and oxygen atoms in total. The molecule has 4 heterocycles. The number of likely N-dealkylation sites (tertiary alicyclic amines) is 1. The summed E-state index contributed by atoms with van der Waals surface area (Å²) in [7, 11) is 0. The van der Waals surface area contributed by atoms with E-state index in [1.54, 1.807) is 4.40 Å². The lowest BCUT2D eigenvalue weighted by atomic mass is 9.64. The zero-order valence-electron chi connectivity index (χ0n) is 14.2. The van der Waals surface area contributed by atoms with Gasteiger partial charge in [-0.1, -0.05) is 0 Å². The van der Waals surface area contributed by atoms with Crippen molar-refractivity contribution >= 4 is 27.6 Å². The summed E-state index contributed by atoms with van der Waals surface area (Å²) < 4.78 is 1.69. The molecule has 3 unspecified atom stereocenters. The average Bonchev–Trinajstić information content (AvgIpc) is 3.30. The molecule has 5 rings (SSSR count). The van der Waals surface area contributed by atoms with E-state index in [-0.39, 0.29) is 5.56 Å². The molecule has 130 valence electrons. The van der Waals surface area contributed by atoms with Crippen LogP contribution in [0.25, 0.3) is 4.96 Å². The van der Waals surface area contributed by atoms with E-state index in [1.165, 1.54) is 36.4 Å². The van der Waals surface area contributed by atoms with E-state index in [9.17, 15) is 4.79 Å². The van der Waals surface area contributed by atoms with Crippen LogP contribution < -0.4 is 5.56 Å². The molecule has 3 aromatic heterocycles. The van der Waals surface area contributed by atoms with Gasteiger partial charge in [0.2, 0.25) is 0 Å². The Kier molecular flexibility index (Phi) is 3.80. The van der Waals surface area contributed by atoms with Crippen molar-refractivity contribution in [2.45, 2.75) is 25.7 Å². The first kappa shape index (κ1) is 15.7. The number of rotatable bonds is 4. The highest BCUT2D eigenvalue weighted by Crippen LogP contribution is 2.51. The largest absolute Gasteiger partial charge is 0.302 e. The number of hydrogen-bond donors (Lipinski definition) is 0. The molecule has 0 N–H and O–H groups in total. The fourth-order valence-corrected chi connectivity index (χ4v) is 6.10. The van der Waals surface area contributed by atoms with Crippen molar-refractivity contribution in [2.75, 3.05) is 19.6 Å². The maximum atomic E-state index is 12.7. The second kappa shape index (κ2) is 6.04. The van der Waals surface area contributed by atoms with Gasteiger partial charge < -0.3 is 4.90 Å². The van der Waals surface area contributed by atoms with Gasteiger partial charge in [-0.2, -0.15) is 11.3 Å². The number of thiophene rings is 1. The van der Waals surface area contributed by atoms with Gasteiger partial charge in [-0.15, -0.1) is 11.3 Å². The van der Waals surface area contributed by atoms with E-state index in [4.69, 9.17) is 0 Å². The van der Waals surface area contributed by atoms with E-state index >= 15 is 0 Å². The topological polar surface area (TPSA) is 37.6 Å². The molecule has 0 radical (unpaired) electrons. The van der Waals surface area contributed by atoms with Gasteiger partial charge in [0.05, 0.1) is 0 Å². The first-order valence-corrected chi connectivity index (χ1v) is 10.7. The SMILES string of the molecule is Cc1nc2sccn2c(=O)c1CCN1CC2CC(c3ccsc3)C2C1. The highest BCUT2D eigenvalue weighted by Gasteiger charge is 2.47. The van der Waals surface area contributed by atoms with Crippen LogP contribution in [0.5, 0.6) is 0 Å². The Balaban J connectivity index is 1.28. The minimum Gasteiger partial charge on any atom is -0.302 e. The Bertz CT molecular complexity index is 959. The lowest BCUT2D eigenvalue weighted by Crippen LogP contribution is -2.33. The molecule has 0 bridgehead atoms. The third kappa shape index (κ3) is 2.58. The second-order valence-corrected chi connectivity index (χ2v) is 9.02. The maximum absolute atomic E-state index is 12.7. The molecule has 0 amide bonds. The highest BCUT2D eigenvalue weighted by molar-refractivity contribution is 7.15. The van der Waals surface area contributed by atoms with Gasteiger partial charge in [-0.25, -0.2) is 4.98 Å². The molecule has 1 saturated heterocycles. The number of nitrogens with zero attached hydrogens (tertiary/aromatic N) is 3. The molecule has 1 aliphatic carbocycles. The van der Waals surface area contributed by atoms with Gasteiger partial charge in [-0.3, -0.25) is 9.20 Å². The summed E-state index contributed by atoms with van der Waals surface area (Å²) in [5, 5.41) is 6.43. The molecule has 3 aromatic rings. The minimum atomic E-state index is 0.113. The number of aromatic nitrogens is 2. The summed E-state index contributed by atoms with van der Waals surface area (Å²) in [5.41, 5.74) is 3.42. The highest BCUT2D eigenvalue weighted by atomic mass is 32.1. The van der Waals surface area contributed by atoms with Gasteiger partial charge in [0.15, 0.2) is 4.96 Å². The molecule has 6 heteroatoms. The van der Waals surface area contributed by atoms with Crippen molar-refractivity contribution < 1.29 is 0 Å². The Morgan fingerprint density at radius 2 is 2.24 bits per heavy atom. The first-order chi connectivity index (χ1) is 12.2. The Labute approximate surface area is 154 Å². The van der Waals surface area contributed by atoms with Crippen molar-refractivity contribution in [3.05, 3.63) is 55.6 Å². The van der Waals surface area contributed by atoms with Crippen LogP contribution in [0.4, 0.5) is 0 Å². The molecule has 1 saturated carbocycles. The third-order valence-corrected chi connectivity index (χ3v) is 7.51. The molecule has 0 aromatic carbocycles. The predicted molar refractivity (Wildman–Crippen MR) is 103 cm³/mol. The zero-order valence-corrected chi connectivity index (χ0v) is 15.9. The van der Waals surface area contributed by atoms with Crippen LogP contribution >= 0.6 is 22.7 Å². The summed E-state index contributed by atoms with van der Waals surface area (Å²) in [5.74, 6) is 2.43. The normalized spacial score (nSPS) is 26.0. The predicted octanol–water partition coefficient (Wildman–Crippen LogP) is 3.40. The lowest BCUT2D eigenvalue weighted by molar-refractivity contribution is 0.191. The number of aryl methyl sites for hydroxylation is 1. The lowest BCUT2D eigenvalue weighted by Gasteiger charge is -2.39. The van der Waals surface area contributed by atoms with Crippen LogP contribution in [0.15, 0.2) is 33.2 Å². The van der Waals surface area contributed by atoms with Gasteiger partial charge in [-0.05, 0) is 59.9 Å². The van der Waals surface area contributed by atoms with Crippen molar-refractivity contribution in [3.63, 3.8) is 0 Å². The molecule has 3 atom stereocenters. The van der Waals surface area contributed by atoms with Crippen molar-refractivity contribution in [2.24, 2.45) is 11.8 Å². The van der Waals surface area contributed by atoms with Crippen LogP contribution in [-0.4, -0.2) is 33.9 Å². The van der Waals surface area contributed by atoms with Gasteiger partial charge in [0.25, 0.3) is 5.56 Å². The Morgan fingerprint density at radius 3 is 3.08 bits per heavy atom. The molecule has 25 heavy (non-hydrogen) atoms. The van der Waals surface area contributed by atoms with E-state index in [2.05, 4.69) is 26.7 Å². The number of hydrogen-bond acceptors (Lipinski definition) is 5. The van der Waals surface area contributed by atoms with Crippen LogP contribution in [0.2, 0.25) is 0 Å². The van der Waals surface area contributed by atoms with Gasteiger partial charge in [0, 0.05) is 42.5 Å². The smallest absolute Gasteiger partial charge is 0.261 e. The van der Waals surface area contributed by atoms with Crippen LogP contribution in [0.1, 0.15) is 29.2 Å². The van der Waals surface area contributed by atoms with E-state index in [0.717, 1.165) is 46.9 Å². The minimum absolute atomic E-state index is 0.113. The summed E-state index contributed by atoms with van der Waals surface area (Å²) in [4.78, 5) is 20.6. The Hall–Kier alpha value is -1.50.